The second-order valence-corrected chi connectivity index (χ2v) is 7.08. The smallest absolute Gasteiger partial charge is 0.210 e. The summed E-state index contributed by atoms with van der Waals surface area (Å²) in [7, 11) is 3.29. The minimum absolute atomic E-state index is 0.0226. The number of hydrogen-bond donors (Lipinski definition) is 1. The van der Waals surface area contributed by atoms with Gasteiger partial charge in [0.15, 0.2) is 11.5 Å². The molecule has 1 aromatic heterocycles. The first-order chi connectivity index (χ1) is 13.1. The van der Waals surface area contributed by atoms with Crippen LogP contribution in [0, 0.1) is 6.92 Å². The van der Waals surface area contributed by atoms with Gasteiger partial charge in [0.2, 0.25) is 6.41 Å². The van der Waals surface area contributed by atoms with Gasteiger partial charge in [0.25, 0.3) is 0 Å². The molecule has 0 spiro atoms. The molecule has 1 atom stereocenters. The lowest BCUT2D eigenvalue weighted by Crippen LogP contribution is -2.35. The minimum atomic E-state index is -0.0226. The van der Waals surface area contributed by atoms with E-state index in [4.69, 9.17) is 9.47 Å². The van der Waals surface area contributed by atoms with Crippen molar-refractivity contribution in [3.63, 3.8) is 0 Å². The quantitative estimate of drug-likeness (QED) is 0.701. The fraction of sp³-hybridized carbons (Fsp3) is 0.318. The van der Waals surface area contributed by atoms with Crippen molar-refractivity contribution < 1.29 is 14.3 Å². The summed E-state index contributed by atoms with van der Waals surface area (Å²) >= 11 is 0. The van der Waals surface area contributed by atoms with Crippen LogP contribution in [0.3, 0.4) is 0 Å². The maximum Gasteiger partial charge on any atom is 0.210 e. The van der Waals surface area contributed by atoms with E-state index in [0.717, 1.165) is 36.1 Å². The molecular formula is C22H24N2O3. The van der Waals surface area contributed by atoms with Crippen molar-refractivity contribution in [3.05, 3.63) is 58.8 Å². The number of methoxy groups -OCH3 is 2. The Hall–Kier alpha value is -2.95. The van der Waals surface area contributed by atoms with Crippen LogP contribution in [0.25, 0.3) is 10.9 Å². The van der Waals surface area contributed by atoms with Crippen LogP contribution in [0.1, 0.15) is 28.3 Å². The second kappa shape index (κ2) is 6.99. The van der Waals surface area contributed by atoms with Crippen molar-refractivity contribution in [1.29, 1.82) is 0 Å². The molecular weight excluding hydrogens is 340 g/mol. The average molecular weight is 364 g/mol. The van der Waals surface area contributed by atoms with E-state index in [1.54, 1.807) is 14.2 Å². The molecule has 0 fully saturated rings. The molecule has 5 nitrogen and oxygen atoms in total. The molecule has 3 aromatic rings. The summed E-state index contributed by atoms with van der Waals surface area (Å²) in [5.41, 5.74) is 5.91. The lowest BCUT2D eigenvalue weighted by atomic mass is 9.88. The summed E-state index contributed by atoms with van der Waals surface area (Å²) < 4.78 is 11.0. The Bertz CT molecular complexity index is 993. The van der Waals surface area contributed by atoms with E-state index in [-0.39, 0.29) is 6.04 Å². The van der Waals surface area contributed by atoms with Gasteiger partial charge in [-0.3, -0.25) is 4.79 Å². The number of ether oxygens (including phenoxy) is 2. The molecule has 1 aliphatic rings. The van der Waals surface area contributed by atoms with Gasteiger partial charge in [0, 0.05) is 23.6 Å². The van der Waals surface area contributed by atoms with E-state index in [0.29, 0.717) is 12.3 Å². The number of carbonyl (C=O) groups is 1. The Morgan fingerprint density at radius 2 is 1.96 bits per heavy atom. The minimum Gasteiger partial charge on any atom is -0.493 e. The molecule has 1 amide bonds. The number of benzene rings is 2. The molecule has 4 rings (SSSR count). The summed E-state index contributed by atoms with van der Waals surface area (Å²) in [5.74, 6) is 1.43. The summed E-state index contributed by atoms with van der Waals surface area (Å²) in [6, 6.07) is 10.5. The standard InChI is InChI=1S/C22H24N2O3/c1-14-4-5-19-17(8-14)16(12-23-19)9-20-18-11-22(27-3)21(26-2)10-15(18)6-7-24(20)13-25/h4-5,8,10-13,20,23H,6-7,9H2,1-3H3/t20-/m0/s1. The zero-order valence-electron chi connectivity index (χ0n) is 15.9. The summed E-state index contributed by atoms with van der Waals surface area (Å²) in [4.78, 5) is 17.0. The third kappa shape index (κ3) is 3.03. The van der Waals surface area contributed by atoms with Crippen LogP contribution in [0.5, 0.6) is 11.5 Å². The topological polar surface area (TPSA) is 54.6 Å². The van der Waals surface area contributed by atoms with Gasteiger partial charge in [0.1, 0.15) is 0 Å². The SMILES string of the molecule is COc1cc2c(cc1OC)[C@H](Cc1c[nH]c3ccc(C)cc13)N(C=O)CC2. The molecule has 140 valence electrons. The maximum absolute atomic E-state index is 11.8. The van der Waals surface area contributed by atoms with Crippen molar-refractivity contribution in [2.75, 3.05) is 20.8 Å². The van der Waals surface area contributed by atoms with Crippen molar-refractivity contribution in [2.45, 2.75) is 25.8 Å². The van der Waals surface area contributed by atoms with Gasteiger partial charge < -0.3 is 19.4 Å². The number of hydrogen-bond acceptors (Lipinski definition) is 3. The lowest BCUT2D eigenvalue weighted by Gasteiger charge is -2.35. The van der Waals surface area contributed by atoms with Gasteiger partial charge in [0.05, 0.1) is 20.3 Å². The molecule has 0 saturated carbocycles. The monoisotopic (exact) mass is 364 g/mol. The number of fused-ring (bicyclic) bond motifs is 2. The van der Waals surface area contributed by atoms with Crippen molar-refractivity contribution in [1.82, 2.24) is 9.88 Å². The first-order valence-electron chi connectivity index (χ1n) is 9.17. The molecule has 1 N–H and O–H groups in total. The van der Waals surface area contributed by atoms with Gasteiger partial charge in [-0.1, -0.05) is 11.6 Å². The molecule has 0 unspecified atom stereocenters. The second-order valence-electron chi connectivity index (χ2n) is 7.08. The van der Waals surface area contributed by atoms with E-state index < -0.39 is 0 Å². The van der Waals surface area contributed by atoms with Gasteiger partial charge in [-0.2, -0.15) is 0 Å². The molecule has 0 bridgehead atoms. The zero-order chi connectivity index (χ0) is 19.0. The molecule has 2 aromatic carbocycles. The van der Waals surface area contributed by atoms with Gasteiger partial charge in [-0.25, -0.2) is 0 Å². The number of aryl methyl sites for hydroxylation is 1. The van der Waals surface area contributed by atoms with E-state index in [2.05, 4.69) is 36.3 Å². The normalized spacial score (nSPS) is 16.3. The molecule has 1 aliphatic heterocycles. The summed E-state index contributed by atoms with van der Waals surface area (Å²) in [6.07, 6.45) is 4.59. The number of amides is 1. The van der Waals surface area contributed by atoms with Crippen LogP contribution in [0.2, 0.25) is 0 Å². The molecule has 27 heavy (non-hydrogen) atoms. The van der Waals surface area contributed by atoms with E-state index in [1.807, 2.05) is 17.0 Å². The van der Waals surface area contributed by atoms with Gasteiger partial charge in [-0.05, 0) is 60.7 Å². The Kier molecular flexibility index (Phi) is 4.52. The molecule has 2 heterocycles. The van der Waals surface area contributed by atoms with Crippen LogP contribution < -0.4 is 9.47 Å². The molecule has 0 saturated heterocycles. The lowest BCUT2D eigenvalue weighted by molar-refractivity contribution is -0.120. The third-order valence-electron chi connectivity index (χ3n) is 5.52. The third-order valence-corrected chi connectivity index (χ3v) is 5.52. The van der Waals surface area contributed by atoms with Crippen LogP contribution in [-0.2, 0) is 17.6 Å². The fourth-order valence-corrected chi connectivity index (χ4v) is 4.07. The number of aromatic nitrogens is 1. The fourth-order valence-electron chi connectivity index (χ4n) is 4.07. The highest BCUT2D eigenvalue weighted by Gasteiger charge is 2.29. The highest BCUT2D eigenvalue weighted by Crippen LogP contribution is 2.39. The zero-order valence-corrected chi connectivity index (χ0v) is 15.9. The number of aromatic amines is 1. The Morgan fingerprint density at radius 1 is 1.19 bits per heavy atom. The van der Waals surface area contributed by atoms with E-state index in [9.17, 15) is 4.79 Å². The summed E-state index contributed by atoms with van der Waals surface area (Å²) in [5, 5.41) is 1.22. The molecule has 5 heteroatoms. The predicted octanol–water partition coefficient (Wildman–Crippen LogP) is 3.79. The van der Waals surface area contributed by atoms with Gasteiger partial charge in [-0.15, -0.1) is 0 Å². The van der Waals surface area contributed by atoms with Crippen molar-refractivity contribution >= 4 is 17.3 Å². The number of nitrogens with zero attached hydrogens (tertiary/aromatic N) is 1. The number of rotatable bonds is 5. The highest BCUT2D eigenvalue weighted by atomic mass is 16.5. The average Bonchev–Trinajstić information content (AvgIpc) is 3.09. The van der Waals surface area contributed by atoms with Crippen LogP contribution in [0.15, 0.2) is 36.5 Å². The largest absolute Gasteiger partial charge is 0.493 e. The summed E-state index contributed by atoms with van der Waals surface area (Å²) in [6.45, 7) is 2.80. The molecule has 0 aliphatic carbocycles. The Balaban J connectivity index is 1.78. The van der Waals surface area contributed by atoms with Crippen LogP contribution >= 0.6 is 0 Å². The number of H-pyrrole nitrogens is 1. The molecule has 0 radical (unpaired) electrons. The van der Waals surface area contributed by atoms with E-state index >= 15 is 0 Å². The van der Waals surface area contributed by atoms with Gasteiger partial charge >= 0.3 is 0 Å². The maximum atomic E-state index is 11.8. The highest BCUT2D eigenvalue weighted by molar-refractivity contribution is 5.84. The number of nitrogens with one attached hydrogen (secondary N) is 1. The first-order valence-corrected chi connectivity index (χ1v) is 9.17. The van der Waals surface area contributed by atoms with E-state index in [1.165, 1.54) is 22.1 Å². The Morgan fingerprint density at radius 3 is 2.70 bits per heavy atom. The van der Waals surface area contributed by atoms with Crippen molar-refractivity contribution in [2.24, 2.45) is 0 Å². The van der Waals surface area contributed by atoms with Crippen LogP contribution in [-0.4, -0.2) is 37.1 Å². The Labute approximate surface area is 158 Å². The van der Waals surface area contributed by atoms with Crippen LogP contribution in [0.4, 0.5) is 0 Å². The predicted molar refractivity (Wildman–Crippen MR) is 106 cm³/mol. The first kappa shape index (κ1) is 17.5. The number of carbonyl (C=O) groups excluding carboxylic acids is 1. The van der Waals surface area contributed by atoms with Crippen molar-refractivity contribution in [3.8, 4) is 11.5 Å².